The van der Waals surface area contributed by atoms with Gasteiger partial charge in [0.15, 0.2) is 0 Å². The maximum Gasteiger partial charge on any atom is 0.416 e. The van der Waals surface area contributed by atoms with E-state index in [1.807, 2.05) is 0 Å². The number of ether oxygens (including phenoxy) is 1. The number of hydrogen-bond acceptors (Lipinski definition) is 4. The van der Waals surface area contributed by atoms with Crippen molar-refractivity contribution in [1.82, 2.24) is 4.57 Å². The van der Waals surface area contributed by atoms with Crippen LogP contribution in [0.4, 0.5) is 28.9 Å². The molecule has 0 radical (unpaired) electrons. The minimum absolute atomic E-state index is 0.182. The lowest BCUT2D eigenvalue weighted by Crippen LogP contribution is -2.21. The van der Waals surface area contributed by atoms with Gasteiger partial charge in [-0.3, -0.25) is 9.59 Å². The number of rotatable bonds is 4. The van der Waals surface area contributed by atoms with E-state index in [4.69, 9.17) is 4.74 Å². The number of nitrogens with one attached hydrogen (secondary N) is 1. The molecule has 144 valence electrons. The third-order valence-corrected chi connectivity index (χ3v) is 4.31. The molecule has 0 saturated heterocycles. The molecule has 3 rings (SSSR count). The fourth-order valence-corrected chi connectivity index (χ4v) is 3.05. The first kappa shape index (κ1) is 18.9. The quantitative estimate of drug-likeness (QED) is 0.644. The van der Waals surface area contributed by atoms with Crippen LogP contribution in [0, 0.1) is 5.82 Å². The van der Waals surface area contributed by atoms with Crippen LogP contribution in [0.5, 0.6) is 0 Å². The number of anilines is 2. The van der Waals surface area contributed by atoms with Crippen molar-refractivity contribution in [2.24, 2.45) is 0 Å². The van der Waals surface area contributed by atoms with E-state index in [0.29, 0.717) is 24.7 Å². The second kappa shape index (κ2) is 7.05. The summed E-state index contributed by atoms with van der Waals surface area (Å²) in [5, 5.41) is 2.61. The van der Waals surface area contributed by atoms with Gasteiger partial charge in [-0.1, -0.05) is 0 Å². The van der Waals surface area contributed by atoms with Gasteiger partial charge in [0.1, 0.15) is 5.82 Å². The van der Waals surface area contributed by atoms with E-state index in [0.717, 1.165) is 12.1 Å². The van der Waals surface area contributed by atoms with Gasteiger partial charge >= 0.3 is 12.1 Å². The average molecular weight is 384 g/mol. The third kappa shape index (κ3) is 3.81. The van der Waals surface area contributed by atoms with E-state index in [2.05, 4.69) is 5.32 Å². The van der Waals surface area contributed by atoms with Crippen LogP contribution in [0.3, 0.4) is 0 Å². The molecule has 0 bridgehead atoms. The fourth-order valence-electron chi connectivity index (χ4n) is 3.05. The normalized spacial score (nSPS) is 16.1. The Morgan fingerprint density at radius 2 is 2.04 bits per heavy atom. The van der Waals surface area contributed by atoms with Crippen LogP contribution in [0.2, 0.25) is 0 Å². The van der Waals surface area contributed by atoms with Crippen molar-refractivity contribution >= 4 is 17.3 Å². The Kier molecular flexibility index (Phi) is 4.95. The van der Waals surface area contributed by atoms with E-state index >= 15 is 0 Å². The van der Waals surface area contributed by atoms with Crippen LogP contribution < -0.4 is 10.9 Å². The number of alkyl halides is 3. The predicted octanol–water partition coefficient (Wildman–Crippen LogP) is 3.80. The second-order valence-corrected chi connectivity index (χ2v) is 6.07. The van der Waals surface area contributed by atoms with Gasteiger partial charge in [0.05, 0.1) is 23.8 Å². The molecule has 1 unspecified atom stereocenters. The standard InChI is InChI=1S/C18H16F4N2O3/c1-2-27-17(26)12-5-6-24-15(12)8-11(9-16(24)25)23-14-4-3-10(7-13(14)19)18(20,21)22/h3-4,7-9,12,23H,2,5-6H2,1H3. The van der Waals surface area contributed by atoms with E-state index in [9.17, 15) is 27.2 Å². The number of carbonyl (C=O) groups excluding carboxylic acids is 1. The summed E-state index contributed by atoms with van der Waals surface area (Å²) in [6.07, 6.45) is -4.25. The number of aromatic nitrogens is 1. The molecular formula is C18H16F4N2O3. The summed E-state index contributed by atoms with van der Waals surface area (Å²) in [5.41, 5.74) is -1.11. The molecule has 0 spiro atoms. The molecule has 27 heavy (non-hydrogen) atoms. The number of carbonyl (C=O) groups is 1. The number of nitrogens with zero attached hydrogens (tertiary/aromatic N) is 1. The molecule has 1 N–H and O–H groups in total. The molecule has 1 aliphatic rings. The van der Waals surface area contributed by atoms with E-state index in [1.54, 1.807) is 6.92 Å². The SMILES string of the molecule is CCOC(=O)C1CCn2c1cc(Nc1ccc(C(F)(F)F)cc1F)cc2=O. The highest BCUT2D eigenvalue weighted by molar-refractivity contribution is 5.78. The Hall–Kier alpha value is -2.84. The van der Waals surface area contributed by atoms with Crippen molar-refractivity contribution < 1.29 is 27.1 Å². The van der Waals surface area contributed by atoms with Crippen LogP contribution >= 0.6 is 0 Å². The maximum absolute atomic E-state index is 14.0. The number of halogens is 4. The lowest BCUT2D eigenvalue weighted by atomic mass is 10.0. The number of benzene rings is 1. The molecule has 1 atom stereocenters. The summed E-state index contributed by atoms with van der Waals surface area (Å²) in [5.74, 6) is -2.18. The zero-order valence-electron chi connectivity index (χ0n) is 14.3. The van der Waals surface area contributed by atoms with E-state index in [1.165, 1.54) is 16.7 Å². The zero-order chi connectivity index (χ0) is 19.8. The molecule has 2 aromatic rings. The number of pyridine rings is 1. The topological polar surface area (TPSA) is 60.3 Å². The van der Waals surface area contributed by atoms with Crippen LogP contribution in [-0.2, 0) is 22.3 Å². The molecule has 0 fully saturated rings. The summed E-state index contributed by atoms with van der Waals surface area (Å²) in [7, 11) is 0. The highest BCUT2D eigenvalue weighted by atomic mass is 19.4. The number of hydrogen-bond donors (Lipinski definition) is 1. The Morgan fingerprint density at radius 3 is 2.67 bits per heavy atom. The van der Waals surface area contributed by atoms with Crippen molar-refractivity contribution in [2.75, 3.05) is 11.9 Å². The van der Waals surface area contributed by atoms with Crippen LogP contribution in [0.25, 0.3) is 0 Å². The van der Waals surface area contributed by atoms with Gasteiger partial charge < -0.3 is 14.6 Å². The molecule has 9 heteroatoms. The minimum Gasteiger partial charge on any atom is -0.465 e. The highest BCUT2D eigenvalue weighted by Crippen LogP contribution is 2.33. The van der Waals surface area contributed by atoms with Gasteiger partial charge in [0.2, 0.25) is 0 Å². The molecule has 0 aliphatic carbocycles. The Bertz CT molecular complexity index is 937. The predicted molar refractivity (Wildman–Crippen MR) is 89.4 cm³/mol. The van der Waals surface area contributed by atoms with Crippen molar-refractivity contribution in [1.29, 1.82) is 0 Å². The monoisotopic (exact) mass is 384 g/mol. The Labute approximate surface area is 151 Å². The van der Waals surface area contributed by atoms with Gasteiger partial charge in [-0.25, -0.2) is 4.39 Å². The largest absolute Gasteiger partial charge is 0.465 e. The molecule has 1 aromatic heterocycles. The van der Waals surface area contributed by atoms with Crippen molar-refractivity contribution in [3.05, 3.63) is 57.8 Å². The van der Waals surface area contributed by atoms with Crippen LogP contribution in [0.1, 0.15) is 30.5 Å². The fraction of sp³-hybridized carbons (Fsp3) is 0.333. The van der Waals surface area contributed by atoms with Crippen LogP contribution in [0.15, 0.2) is 35.1 Å². The maximum atomic E-state index is 14.0. The van der Waals surface area contributed by atoms with Gasteiger partial charge in [0.25, 0.3) is 5.56 Å². The molecule has 5 nitrogen and oxygen atoms in total. The number of fused-ring (bicyclic) bond motifs is 1. The zero-order valence-corrected chi connectivity index (χ0v) is 14.3. The first-order valence-corrected chi connectivity index (χ1v) is 8.26. The molecular weight excluding hydrogens is 368 g/mol. The smallest absolute Gasteiger partial charge is 0.416 e. The van der Waals surface area contributed by atoms with Crippen molar-refractivity contribution in [3.63, 3.8) is 0 Å². The molecule has 1 aliphatic heterocycles. The van der Waals surface area contributed by atoms with Crippen molar-refractivity contribution in [3.8, 4) is 0 Å². The second-order valence-electron chi connectivity index (χ2n) is 6.07. The first-order valence-electron chi connectivity index (χ1n) is 8.26. The summed E-state index contributed by atoms with van der Waals surface area (Å²) >= 11 is 0. The van der Waals surface area contributed by atoms with Gasteiger partial charge in [-0.05, 0) is 37.6 Å². The lowest BCUT2D eigenvalue weighted by molar-refractivity contribution is -0.145. The van der Waals surface area contributed by atoms with Gasteiger partial charge in [-0.15, -0.1) is 0 Å². The third-order valence-electron chi connectivity index (χ3n) is 4.31. The molecule has 0 amide bonds. The Morgan fingerprint density at radius 1 is 1.30 bits per heavy atom. The summed E-state index contributed by atoms with van der Waals surface area (Å²) in [4.78, 5) is 24.3. The number of esters is 1. The molecule has 0 saturated carbocycles. The summed E-state index contributed by atoms with van der Waals surface area (Å²) in [6, 6.07) is 4.78. The van der Waals surface area contributed by atoms with E-state index < -0.39 is 35.0 Å². The van der Waals surface area contributed by atoms with Gasteiger partial charge in [0, 0.05) is 24.0 Å². The summed E-state index contributed by atoms with van der Waals surface area (Å²) in [6.45, 7) is 2.23. The lowest BCUT2D eigenvalue weighted by Gasteiger charge is -2.14. The van der Waals surface area contributed by atoms with Gasteiger partial charge in [-0.2, -0.15) is 13.2 Å². The molecule has 2 heterocycles. The average Bonchev–Trinajstić information content (AvgIpc) is 3.00. The van der Waals surface area contributed by atoms with E-state index in [-0.39, 0.29) is 18.0 Å². The summed E-state index contributed by atoms with van der Waals surface area (Å²) < 4.78 is 58.4. The highest BCUT2D eigenvalue weighted by Gasteiger charge is 2.32. The first-order chi connectivity index (χ1) is 12.7. The van der Waals surface area contributed by atoms with Crippen LogP contribution in [-0.4, -0.2) is 17.1 Å². The minimum atomic E-state index is -4.65. The molecule has 1 aromatic carbocycles. The Balaban J connectivity index is 1.91. The van der Waals surface area contributed by atoms with Crippen molar-refractivity contribution in [2.45, 2.75) is 32.0 Å².